The van der Waals surface area contributed by atoms with Crippen molar-refractivity contribution in [2.45, 2.75) is 107 Å². The molecule has 2 N–H and O–H groups in total. The van der Waals surface area contributed by atoms with E-state index in [0.717, 1.165) is 27.1 Å². The number of azide groups is 1. The lowest BCUT2D eigenvalue weighted by Crippen LogP contribution is -2.71. The van der Waals surface area contributed by atoms with Crippen molar-refractivity contribution < 1.29 is 47.8 Å². The molecule has 330 valence electrons. The fraction of sp³-hybridized carbons (Fsp3) is 0.388. The minimum Gasteiger partial charge on any atom is -0.387 e. The summed E-state index contributed by atoms with van der Waals surface area (Å²) in [4.78, 5) is 3.33. The molecule has 3 saturated heterocycles. The number of aliphatic hydroxyl groups is 2. The summed E-state index contributed by atoms with van der Waals surface area (Å²) in [5.41, 5.74) is 12.9. The normalized spacial score (nSPS) is 28.7. The van der Waals surface area contributed by atoms with Gasteiger partial charge in [0.2, 0.25) is 0 Å². The van der Waals surface area contributed by atoms with E-state index in [-0.39, 0.29) is 26.4 Å². The summed E-state index contributed by atoms with van der Waals surface area (Å²) in [6.45, 7) is 6.87. The predicted octanol–water partition coefficient (Wildman–Crippen LogP) is 6.72. The van der Waals surface area contributed by atoms with Gasteiger partial charge in [0.1, 0.15) is 48.8 Å². The number of hydrogen-bond donors (Lipinski definition) is 2. The lowest BCUT2D eigenvalue weighted by molar-refractivity contribution is -0.380. The van der Waals surface area contributed by atoms with Gasteiger partial charge in [0.25, 0.3) is 8.32 Å². The zero-order chi connectivity index (χ0) is 43.8. The van der Waals surface area contributed by atoms with Gasteiger partial charge in [0, 0.05) is 10.5 Å². The van der Waals surface area contributed by atoms with Crippen molar-refractivity contribution in [1.29, 1.82) is 0 Å². The van der Waals surface area contributed by atoms with E-state index in [4.69, 9.17) is 37.6 Å². The predicted molar refractivity (Wildman–Crippen MR) is 237 cm³/mol. The minimum atomic E-state index is -3.34. The molecule has 3 aliphatic rings. The molecular weight excluding hydrogens is 819 g/mol. The first-order valence-corrected chi connectivity index (χ1v) is 23.3. The Labute approximate surface area is 369 Å². The number of rotatable bonds is 15. The van der Waals surface area contributed by atoms with Gasteiger partial charge in [-0.25, -0.2) is 0 Å². The van der Waals surface area contributed by atoms with E-state index in [9.17, 15) is 15.7 Å². The molecule has 3 aliphatic heterocycles. The molecule has 0 aromatic heterocycles. The fourth-order valence-corrected chi connectivity index (χ4v) is 13.3. The molecule has 8 rings (SSSR count). The molecular formula is C49H55N3O10Si. The average Bonchev–Trinajstić information content (AvgIpc) is 3.31. The summed E-state index contributed by atoms with van der Waals surface area (Å²) in [6.07, 6.45) is -11.1. The Balaban J connectivity index is 1.17. The van der Waals surface area contributed by atoms with Gasteiger partial charge in [-0.2, -0.15) is 0 Å². The zero-order valence-electron chi connectivity index (χ0n) is 35.6. The molecule has 5 aromatic carbocycles. The highest BCUT2D eigenvalue weighted by Crippen LogP contribution is 2.42. The summed E-state index contributed by atoms with van der Waals surface area (Å²) >= 11 is 0. The Kier molecular flexibility index (Phi) is 14.5. The summed E-state index contributed by atoms with van der Waals surface area (Å²) in [7, 11) is -3.34. The van der Waals surface area contributed by atoms with E-state index in [1.807, 2.05) is 127 Å². The van der Waals surface area contributed by atoms with Crippen LogP contribution in [0.5, 0.6) is 0 Å². The monoisotopic (exact) mass is 873 g/mol. The highest BCUT2D eigenvalue weighted by molar-refractivity contribution is 6.99. The molecule has 0 bridgehead atoms. The first-order valence-electron chi connectivity index (χ1n) is 21.4. The van der Waals surface area contributed by atoms with Crippen LogP contribution in [0.1, 0.15) is 43.8 Å². The van der Waals surface area contributed by atoms with Crippen LogP contribution in [0.4, 0.5) is 0 Å². The fourth-order valence-electron chi connectivity index (χ4n) is 8.78. The summed E-state index contributed by atoms with van der Waals surface area (Å²) < 4.78 is 53.2. The Morgan fingerprint density at radius 3 is 1.81 bits per heavy atom. The molecule has 0 spiro atoms. The van der Waals surface area contributed by atoms with Crippen LogP contribution in [0.15, 0.2) is 157 Å². The van der Waals surface area contributed by atoms with Crippen molar-refractivity contribution in [3.05, 3.63) is 179 Å². The highest BCUT2D eigenvalue weighted by atomic mass is 28.4. The van der Waals surface area contributed by atoms with E-state index < -0.39 is 81.0 Å². The highest BCUT2D eigenvalue weighted by Gasteiger charge is 2.58. The molecule has 14 heteroatoms. The van der Waals surface area contributed by atoms with Crippen LogP contribution >= 0.6 is 0 Å². The maximum atomic E-state index is 11.7. The Hall–Kier alpha value is -4.77. The van der Waals surface area contributed by atoms with Crippen LogP contribution in [0.3, 0.4) is 0 Å². The molecule has 0 saturated carbocycles. The molecule has 0 amide bonds. The number of ether oxygens (including phenoxy) is 7. The van der Waals surface area contributed by atoms with E-state index in [2.05, 4.69) is 55.1 Å². The molecule has 11 atom stereocenters. The third kappa shape index (κ3) is 9.98. The zero-order valence-corrected chi connectivity index (χ0v) is 36.6. The van der Waals surface area contributed by atoms with Gasteiger partial charge in [0.15, 0.2) is 18.9 Å². The van der Waals surface area contributed by atoms with Crippen molar-refractivity contribution in [3.63, 3.8) is 0 Å². The number of nitrogens with zero attached hydrogens (tertiary/aromatic N) is 3. The third-order valence-corrected chi connectivity index (χ3v) is 16.9. The van der Waals surface area contributed by atoms with E-state index in [1.54, 1.807) is 0 Å². The van der Waals surface area contributed by atoms with Crippen LogP contribution in [0.2, 0.25) is 5.04 Å². The maximum absolute atomic E-state index is 11.7. The molecule has 3 fully saturated rings. The van der Waals surface area contributed by atoms with Gasteiger partial charge in [-0.15, -0.1) is 0 Å². The molecule has 5 aromatic rings. The topological polar surface area (TPSA) is 163 Å². The number of benzene rings is 5. The van der Waals surface area contributed by atoms with Gasteiger partial charge in [-0.1, -0.05) is 178 Å². The van der Waals surface area contributed by atoms with Crippen LogP contribution in [0, 0.1) is 0 Å². The molecule has 1 unspecified atom stereocenters. The van der Waals surface area contributed by atoms with Gasteiger partial charge in [-0.3, -0.25) is 0 Å². The summed E-state index contributed by atoms with van der Waals surface area (Å²) in [6, 6.07) is 47.8. The quantitative estimate of drug-likeness (QED) is 0.0500. The molecule has 3 heterocycles. The maximum Gasteiger partial charge on any atom is 0.264 e. The largest absolute Gasteiger partial charge is 0.387 e. The Bertz CT molecular complexity index is 2180. The van der Waals surface area contributed by atoms with Gasteiger partial charge in [0.05, 0.1) is 26.4 Å². The van der Waals surface area contributed by atoms with E-state index >= 15 is 0 Å². The van der Waals surface area contributed by atoms with E-state index in [1.165, 1.54) is 0 Å². The lowest BCUT2D eigenvalue weighted by Gasteiger charge is -2.52. The number of hydrogen-bond acceptors (Lipinski definition) is 11. The molecule has 13 nitrogen and oxygen atoms in total. The van der Waals surface area contributed by atoms with E-state index in [0.29, 0.717) is 0 Å². The van der Waals surface area contributed by atoms with Crippen LogP contribution in [-0.2, 0) is 50.8 Å². The van der Waals surface area contributed by atoms with Gasteiger partial charge >= 0.3 is 0 Å². The molecule has 63 heavy (non-hydrogen) atoms. The summed E-state index contributed by atoms with van der Waals surface area (Å²) in [5.74, 6) is 0. The van der Waals surface area contributed by atoms with Gasteiger partial charge in [-0.05, 0) is 32.1 Å². The van der Waals surface area contributed by atoms with Crippen LogP contribution in [-0.4, -0.2) is 93.1 Å². The first-order chi connectivity index (χ1) is 30.7. The Morgan fingerprint density at radius 2 is 1.24 bits per heavy atom. The Morgan fingerprint density at radius 1 is 0.683 bits per heavy atom. The van der Waals surface area contributed by atoms with Crippen LogP contribution < -0.4 is 10.4 Å². The second-order valence-corrected chi connectivity index (χ2v) is 21.3. The summed E-state index contributed by atoms with van der Waals surface area (Å²) in [5, 5.41) is 29.3. The minimum absolute atomic E-state index is 0.0171. The second kappa shape index (κ2) is 20.4. The average molecular weight is 874 g/mol. The van der Waals surface area contributed by atoms with Gasteiger partial charge < -0.3 is 47.8 Å². The van der Waals surface area contributed by atoms with Crippen molar-refractivity contribution >= 4 is 18.7 Å². The smallest absolute Gasteiger partial charge is 0.264 e. The first kappa shape index (κ1) is 44.8. The lowest BCUT2D eigenvalue weighted by atomic mass is 9.95. The van der Waals surface area contributed by atoms with Crippen molar-refractivity contribution in [1.82, 2.24) is 0 Å². The SMILES string of the molecule is CC(C)(C)[Si](O[C@@H]1O[C@H](COCc2ccccc2)[C@@H](O[C@@H]2O[C@@H]3COC(c4ccccc4)O[C@@H]3[C@H](O)[C@H]2O)[C@H](OCc2ccccc2)[C@H]1N=[N+]=[N-])(c1ccccc1)c1ccccc1. The standard InChI is InChI=1S/C49H55N3O10Si/c1-49(2,3)63(36-25-15-7-16-26-36,37-27-17-8-18-28-37)62-47-40(51-52-50)45(56-30-34-21-11-5-12-22-34)44(38(58-47)31-55-29-33-19-9-4-10-20-33)61-48-42(54)41(53)43-39(59-48)32-57-46(60-43)35-23-13-6-14-24-35/h4-28,38-48,53-54H,29-32H2,1-3H3/t38-,39-,40-,41-,42-,43+,44-,45-,46?,47+,48+/m1/s1. The van der Waals surface area contributed by atoms with Crippen molar-refractivity contribution in [3.8, 4) is 0 Å². The third-order valence-electron chi connectivity index (χ3n) is 11.9. The number of fused-ring (bicyclic) bond motifs is 1. The van der Waals surface area contributed by atoms with Crippen molar-refractivity contribution in [2.24, 2.45) is 5.11 Å². The number of aliphatic hydroxyl groups excluding tert-OH is 2. The second-order valence-electron chi connectivity index (χ2n) is 17.1. The van der Waals surface area contributed by atoms with Crippen LogP contribution in [0.25, 0.3) is 10.4 Å². The van der Waals surface area contributed by atoms with Crippen molar-refractivity contribution in [2.75, 3.05) is 13.2 Å². The molecule has 0 aliphatic carbocycles. The molecule has 0 radical (unpaired) electrons.